The molecule has 0 atom stereocenters. The zero-order valence-corrected chi connectivity index (χ0v) is 5.67. The fraction of sp³-hybridized carbons (Fsp3) is 0.125. The zero-order valence-electron chi connectivity index (χ0n) is 5.67. The number of carboxylic acids is 1. The van der Waals surface area contributed by atoms with Crippen LogP contribution in [0.4, 0.5) is 4.39 Å². The highest BCUT2D eigenvalue weighted by atomic mass is 19.1. The molecule has 0 unspecified atom stereocenters. The minimum Gasteiger partial charge on any atom is -0.481 e. The molecule has 1 aromatic rings. The molecule has 0 spiro atoms. The SMILES string of the molecule is O=C(O)Cc1[c]cccc1F. The zero-order chi connectivity index (χ0) is 8.27. The van der Waals surface area contributed by atoms with E-state index >= 15 is 0 Å². The Kier molecular flexibility index (Phi) is 2.21. The third-order valence-corrected chi connectivity index (χ3v) is 1.21. The molecule has 0 bridgehead atoms. The van der Waals surface area contributed by atoms with E-state index in [4.69, 9.17) is 5.11 Å². The van der Waals surface area contributed by atoms with Crippen molar-refractivity contribution in [3.63, 3.8) is 0 Å². The van der Waals surface area contributed by atoms with Crippen LogP contribution in [-0.4, -0.2) is 11.1 Å². The van der Waals surface area contributed by atoms with Gasteiger partial charge in [0, 0.05) is 5.56 Å². The Morgan fingerprint density at radius 2 is 2.45 bits per heavy atom. The van der Waals surface area contributed by atoms with Crippen molar-refractivity contribution in [3.05, 3.63) is 35.6 Å². The van der Waals surface area contributed by atoms with E-state index in [0.717, 1.165) is 0 Å². The molecule has 11 heavy (non-hydrogen) atoms. The first kappa shape index (κ1) is 7.72. The van der Waals surface area contributed by atoms with Crippen molar-refractivity contribution < 1.29 is 14.3 Å². The van der Waals surface area contributed by atoms with Crippen molar-refractivity contribution in [2.75, 3.05) is 0 Å². The van der Waals surface area contributed by atoms with Crippen LogP contribution in [0.5, 0.6) is 0 Å². The van der Waals surface area contributed by atoms with E-state index in [2.05, 4.69) is 6.07 Å². The van der Waals surface area contributed by atoms with Crippen LogP contribution in [0, 0.1) is 11.9 Å². The third-order valence-electron chi connectivity index (χ3n) is 1.21. The van der Waals surface area contributed by atoms with Crippen molar-refractivity contribution >= 4 is 5.97 Å². The average Bonchev–Trinajstić information content (AvgIpc) is 1.93. The molecule has 2 nitrogen and oxygen atoms in total. The van der Waals surface area contributed by atoms with Gasteiger partial charge >= 0.3 is 5.97 Å². The van der Waals surface area contributed by atoms with Crippen LogP contribution in [0.2, 0.25) is 0 Å². The van der Waals surface area contributed by atoms with Gasteiger partial charge in [0.05, 0.1) is 6.42 Å². The van der Waals surface area contributed by atoms with Crippen molar-refractivity contribution in [2.24, 2.45) is 0 Å². The van der Waals surface area contributed by atoms with E-state index < -0.39 is 11.8 Å². The first-order valence-corrected chi connectivity index (χ1v) is 3.07. The molecule has 3 heteroatoms. The maximum absolute atomic E-state index is 12.7. The van der Waals surface area contributed by atoms with Crippen LogP contribution in [0.25, 0.3) is 0 Å². The number of halogens is 1. The average molecular weight is 153 g/mol. The third kappa shape index (κ3) is 2.04. The molecular weight excluding hydrogens is 147 g/mol. The molecule has 57 valence electrons. The molecule has 1 rings (SSSR count). The van der Waals surface area contributed by atoms with E-state index in [1.807, 2.05) is 0 Å². The maximum atomic E-state index is 12.7. The number of rotatable bonds is 2. The van der Waals surface area contributed by atoms with Gasteiger partial charge in [0.2, 0.25) is 0 Å². The first-order chi connectivity index (χ1) is 5.20. The Morgan fingerprint density at radius 1 is 1.73 bits per heavy atom. The predicted octanol–water partition coefficient (Wildman–Crippen LogP) is 1.25. The summed E-state index contributed by atoms with van der Waals surface area (Å²) in [4.78, 5) is 10.1. The molecular formula is C8H6FO2. The summed E-state index contributed by atoms with van der Waals surface area (Å²) in [5.41, 5.74) is 0.0972. The highest BCUT2D eigenvalue weighted by Crippen LogP contribution is 2.05. The standard InChI is InChI=1S/C8H6FO2/c9-7-4-2-1-3-6(7)5-8(10)11/h1-2,4H,5H2,(H,10,11). The van der Waals surface area contributed by atoms with Crippen LogP contribution < -0.4 is 0 Å². The molecule has 0 heterocycles. The van der Waals surface area contributed by atoms with Gasteiger partial charge in [0.1, 0.15) is 5.82 Å². The van der Waals surface area contributed by atoms with Gasteiger partial charge in [-0.1, -0.05) is 12.1 Å². The molecule has 1 radical (unpaired) electrons. The van der Waals surface area contributed by atoms with Gasteiger partial charge in [0.15, 0.2) is 0 Å². The summed E-state index contributed by atoms with van der Waals surface area (Å²) < 4.78 is 12.7. The molecule has 0 aliphatic heterocycles. The van der Waals surface area contributed by atoms with Crippen LogP contribution in [0.15, 0.2) is 18.2 Å². The normalized spacial score (nSPS) is 9.55. The predicted molar refractivity (Wildman–Crippen MR) is 36.6 cm³/mol. The Bertz CT molecular complexity index is 271. The molecule has 0 amide bonds. The number of carboxylic acid groups (broad SMARTS) is 1. The van der Waals surface area contributed by atoms with Crippen molar-refractivity contribution in [1.29, 1.82) is 0 Å². The lowest BCUT2D eigenvalue weighted by molar-refractivity contribution is -0.136. The molecule has 0 saturated heterocycles. The maximum Gasteiger partial charge on any atom is 0.307 e. The van der Waals surface area contributed by atoms with Crippen LogP contribution >= 0.6 is 0 Å². The fourth-order valence-electron chi connectivity index (χ4n) is 0.738. The summed E-state index contributed by atoms with van der Waals surface area (Å²) in [5, 5.41) is 8.30. The summed E-state index contributed by atoms with van der Waals surface area (Å²) in [5.74, 6) is -1.57. The molecule has 0 fully saturated rings. The van der Waals surface area contributed by atoms with Gasteiger partial charge in [-0.25, -0.2) is 4.39 Å². The number of benzene rings is 1. The van der Waals surface area contributed by atoms with Gasteiger partial charge in [-0.3, -0.25) is 4.79 Å². The van der Waals surface area contributed by atoms with Crippen LogP contribution in [-0.2, 0) is 11.2 Å². The quantitative estimate of drug-likeness (QED) is 0.694. The summed E-state index contributed by atoms with van der Waals surface area (Å²) in [6.07, 6.45) is -0.313. The Labute approximate surface area is 63.3 Å². The molecule has 0 aliphatic rings. The van der Waals surface area contributed by atoms with Crippen LogP contribution in [0.3, 0.4) is 0 Å². The summed E-state index contributed by atoms with van der Waals surface area (Å²) in [6, 6.07) is 6.69. The summed E-state index contributed by atoms with van der Waals surface area (Å²) in [6.45, 7) is 0. The lowest BCUT2D eigenvalue weighted by atomic mass is 10.1. The van der Waals surface area contributed by atoms with E-state index in [9.17, 15) is 9.18 Å². The second-order valence-corrected chi connectivity index (χ2v) is 2.07. The largest absolute Gasteiger partial charge is 0.481 e. The first-order valence-electron chi connectivity index (χ1n) is 3.07. The molecule has 0 saturated carbocycles. The number of hydrogen-bond donors (Lipinski definition) is 1. The minimum absolute atomic E-state index is 0.0972. The Morgan fingerprint density at radius 3 is 3.00 bits per heavy atom. The molecule has 0 aliphatic carbocycles. The van der Waals surface area contributed by atoms with Gasteiger partial charge in [-0.2, -0.15) is 0 Å². The van der Waals surface area contributed by atoms with Gasteiger partial charge in [-0.05, 0) is 12.1 Å². The minimum atomic E-state index is -1.05. The summed E-state index contributed by atoms with van der Waals surface area (Å²) in [7, 11) is 0. The van der Waals surface area contributed by atoms with Gasteiger partial charge < -0.3 is 5.11 Å². The molecule has 0 aromatic heterocycles. The van der Waals surface area contributed by atoms with E-state index in [0.29, 0.717) is 0 Å². The van der Waals surface area contributed by atoms with Crippen molar-refractivity contribution in [1.82, 2.24) is 0 Å². The second-order valence-electron chi connectivity index (χ2n) is 2.07. The van der Waals surface area contributed by atoms with Gasteiger partial charge in [-0.15, -0.1) is 0 Å². The van der Waals surface area contributed by atoms with E-state index in [1.54, 1.807) is 0 Å². The lowest BCUT2D eigenvalue weighted by Gasteiger charge is -1.95. The second kappa shape index (κ2) is 3.14. The number of hydrogen-bond acceptors (Lipinski definition) is 1. The van der Waals surface area contributed by atoms with E-state index in [1.165, 1.54) is 18.2 Å². The molecule has 1 N–H and O–H groups in total. The summed E-state index contributed by atoms with van der Waals surface area (Å²) >= 11 is 0. The van der Waals surface area contributed by atoms with E-state index in [-0.39, 0.29) is 12.0 Å². The highest BCUT2D eigenvalue weighted by molar-refractivity contribution is 5.70. The number of carbonyl (C=O) groups is 1. The van der Waals surface area contributed by atoms with Crippen molar-refractivity contribution in [2.45, 2.75) is 6.42 Å². The Balaban J connectivity index is 2.86. The van der Waals surface area contributed by atoms with Gasteiger partial charge in [0.25, 0.3) is 0 Å². The monoisotopic (exact) mass is 153 g/mol. The topological polar surface area (TPSA) is 37.3 Å². The fourth-order valence-corrected chi connectivity index (χ4v) is 0.738. The number of aliphatic carboxylic acids is 1. The van der Waals surface area contributed by atoms with Crippen molar-refractivity contribution in [3.8, 4) is 0 Å². The Hall–Kier alpha value is -1.38. The smallest absolute Gasteiger partial charge is 0.307 e. The molecule has 1 aromatic carbocycles. The lowest BCUT2D eigenvalue weighted by Crippen LogP contribution is -2.01. The highest BCUT2D eigenvalue weighted by Gasteiger charge is 2.04. The van der Waals surface area contributed by atoms with Crippen LogP contribution in [0.1, 0.15) is 5.56 Å².